The number of allylic oxidation sites excluding steroid dienone is 4. The van der Waals surface area contributed by atoms with Gasteiger partial charge in [0.25, 0.3) is 0 Å². The standard InChI is InChI=1S/C12H26N.C9H13.C2H7Si.2ClH.Zr/c1-2-3-4-5-6-7-8-9-10-11-12-13;1-6-5-7(2)9(4)8(6)3;1-3-2;;;/h13H,2-12H2,1H3;6H,1-4H3;3H,1-2H3;2*1H;/q2*-1;;;;+2. The fraction of sp³-hybridized carbons (Fsp3) is 0.826. The van der Waals surface area contributed by atoms with Crippen LogP contribution in [0.1, 0.15) is 98.8 Å². The molecule has 0 heterocycles. The topological polar surface area (TPSA) is 23.8 Å². The van der Waals surface area contributed by atoms with E-state index in [1.54, 1.807) is 0 Å². The molecule has 1 aliphatic rings. The molecule has 0 spiro atoms. The van der Waals surface area contributed by atoms with Crippen LogP contribution in [0.4, 0.5) is 0 Å². The van der Waals surface area contributed by atoms with E-state index in [4.69, 9.17) is 5.73 Å². The average molecular weight is 529 g/mol. The molecule has 0 aromatic carbocycles. The largest absolute Gasteiger partial charge is 2.00 e. The third kappa shape index (κ3) is 25.2. The van der Waals surface area contributed by atoms with Gasteiger partial charge in [0, 0.05) is 9.52 Å². The van der Waals surface area contributed by atoms with Gasteiger partial charge < -0.3 is 5.73 Å². The Morgan fingerprint density at radius 3 is 1.39 bits per heavy atom. The Labute approximate surface area is 212 Å². The van der Waals surface area contributed by atoms with Crippen LogP contribution in [0.2, 0.25) is 13.1 Å². The summed E-state index contributed by atoms with van der Waals surface area (Å²) < 4.78 is 0. The van der Waals surface area contributed by atoms with Crippen molar-refractivity contribution in [3.8, 4) is 0 Å². The summed E-state index contributed by atoms with van der Waals surface area (Å²) in [6.07, 6.45) is 17.0. The first kappa shape index (κ1) is 39.6. The third-order valence-corrected chi connectivity index (χ3v) is 4.77. The summed E-state index contributed by atoms with van der Waals surface area (Å²) in [6.45, 7) is 16.0. The number of rotatable bonds is 10. The minimum atomic E-state index is 0. The van der Waals surface area contributed by atoms with Gasteiger partial charge in [-0.3, -0.25) is 6.08 Å². The van der Waals surface area contributed by atoms with Crippen LogP contribution >= 0.6 is 24.8 Å². The summed E-state index contributed by atoms with van der Waals surface area (Å²) in [5.74, 6) is 0.560. The molecule has 0 aliphatic heterocycles. The van der Waals surface area contributed by atoms with Crippen LogP contribution in [0.3, 0.4) is 0 Å². The van der Waals surface area contributed by atoms with E-state index in [1.165, 1.54) is 74.5 Å². The van der Waals surface area contributed by atoms with Gasteiger partial charge in [-0.25, -0.2) is 5.57 Å². The van der Waals surface area contributed by atoms with Crippen LogP contribution in [0.25, 0.3) is 5.73 Å². The summed E-state index contributed by atoms with van der Waals surface area (Å²) in [4.78, 5) is 0. The van der Waals surface area contributed by atoms with Crippen molar-refractivity contribution >= 4 is 34.3 Å². The van der Waals surface area contributed by atoms with Gasteiger partial charge >= 0.3 is 26.2 Å². The van der Waals surface area contributed by atoms with Gasteiger partial charge in [0.05, 0.1) is 0 Å². The summed E-state index contributed by atoms with van der Waals surface area (Å²) >= 11 is 0. The van der Waals surface area contributed by atoms with E-state index in [0.29, 0.717) is 12.5 Å². The molecule has 0 aromatic heterocycles. The molecule has 5 heteroatoms. The first-order valence-electron chi connectivity index (χ1n) is 10.6. The van der Waals surface area contributed by atoms with Gasteiger partial charge in [0.2, 0.25) is 0 Å². The van der Waals surface area contributed by atoms with Crippen LogP contribution < -0.4 is 0 Å². The molecule has 0 bridgehead atoms. The van der Waals surface area contributed by atoms with Gasteiger partial charge in [-0.15, -0.1) is 31.7 Å². The molecule has 28 heavy (non-hydrogen) atoms. The molecule has 1 N–H and O–H groups in total. The summed E-state index contributed by atoms with van der Waals surface area (Å²) in [5, 5.41) is 0. The van der Waals surface area contributed by atoms with Crippen molar-refractivity contribution in [1.29, 1.82) is 0 Å². The Bertz CT molecular complexity index is 351. The van der Waals surface area contributed by atoms with Crippen molar-refractivity contribution in [3.05, 3.63) is 28.5 Å². The summed E-state index contributed by atoms with van der Waals surface area (Å²) in [6, 6.07) is 0. The molecule has 1 rings (SSSR count). The molecule has 1 unspecified atom stereocenters. The number of halogens is 2. The van der Waals surface area contributed by atoms with Crippen LogP contribution in [0.15, 0.2) is 16.7 Å². The summed E-state index contributed by atoms with van der Waals surface area (Å²) in [5.41, 5.74) is 11.2. The molecule has 0 fully saturated rings. The van der Waals surface area contributed by atoms with E-state index in [1.807, 2.05) is 0 Å². The van der Waals surface area contributed by atoms with E-state index >= 15 is 0 Å². The predicted octanol–water partition coefficient (Wildman–Crippen LogP) is 9.04. The zero-order valence-corrected chi connectivity index (χ0v) is 25.0. The molecule has 0 amide bonds. The molecule has 0 aromatic rings. The van der Waals surface area contributed by atoms with Crippen molar-refractivity contribution < 1.29 is 26.2 Å². The van der Waals surface area contributed by atoms with Crippen molar-refractivity contribution in [2.45, 2.75) is 112 Å². The molecular weight excluding hydrogens is 480 g/mol. The number of hydrogen-bond donors (Lipinski definition) is 0. The Hall–Kier alpha value is 1.12. The second-order valence-corrected chi connectivity index (χ2v) is 8.46. The molecule has 1 aliphatic carbocycles. The quantitative estimate of drug-likeness (QED) is 0.153. The third-order valence-electron chi connectivity index (χ3n) is 4.77. The van der Waals surface area contributed by atoms with Crippen LogP contribution in [-0.2, 0) is 26.2 Å². The minimum Gasteiger partial charge on any atom is -0.677 e. The van der Waals surface area contributed by atoms with E-state index < -0.39 is 0 Å². The molecule has 167 valence electrons. The van der Waals surface area contributed by atoms with Gasteiger partial charge in [-0.1, -0.05) is 111 Å². The Morgan fingerprint density at radius 1 is 0.821 bits per heavy atom. The van der Waals surface area contributed by atoms with Gasteiger partial charge in [0.1, 0.15) is 0 Å². The van der Waals surface area contributed by atoms with Crippen molar-refractivity contribution in [2.75, 3.05) is 6.54 Å². The number of hydrogen-bond acceptors (Lipinski definition) is 0. The fourth-order valence-corrected chi connectivity index (χ4v) is 2.77. The first-order chi connectivity index (χ1) is 12.0. The zero-order valence-electron chi connectivity index (χ0n) is 19.7. The van der Waals surface area contributed by atoms with Gasteiger partial charge in [-0.2, -0.15) is 17.7 Å². The Kier molecular flexibility index (Phi) is 42.9. The smallest absolute Gasteiger partial charge is 0.677 e. The predicted molar refractivity (Wildman–Crippen MR) is 134 cm³/mol. The summed E-state index contributed by atoms with van der Waals surface area (Å²) in [7, 11) is 0.750. The molecule has 1 atom stereocenters. The van der Waals surface area contributed by atoms with Crippen LogP contribution in [0, 0.1) is 12.0 Å². The Morgan fingerprint density at radius 2 is 1.18 bits per heavy atom. The molecule has 0 saturated carbocycles. The second-order valence-electron chi connectivity index (χ2n) is 7.31. The van der Waals surface area contributed by atoms with E-state index in [-0.39, 0.29) is 51.0 Å². The van der Waals surface area contributed by atoms with Crippen molar-refractivity contribution in [2.24, 2.45) is 5.92 Å². The maximum absolute atomic E-state index is 7.00. The van der Waals surface area contributed by atoms with E-state index in [9.17, 15) is 0 Å². The van der Waals surface area contributed by atoms with Crippen LogP contribution in [0.5, 0.6) is 0 Å². The zero-order chi connectivity index (χ0) is 19.5. The molecule has 1 radical (unpaired) electrons. The van der Waals surface area contributed by atoms with Crippen molar-refractivity contribution in [1.82, 2.24) is 0 Å². The van der Waals surface area contributed by atoms with E-state index in [2.05, 4.69) is 53.8 Å². The number of unbranched alkanes of at least 4 members (excludes halogenated alkanes) is 9. The number of nitrogens with one attached hydrogen (secondary N) is 1. The maximum atomic E-state index is 7.00. The SMILES string of the molecule is CC1=[C-]C(C)C(C)=C1C.CCCCCCCCCCCC[NH-].C[SiH]C.Cl.Cl.[Zr+2]. The molecule has 1 nitrogen and oxygen atoms in total. The van der Waals surface area contributed by atoms with Gasteiger partial charge in [-0.05, 0) is 0 Å². The van der Waals surface area contributed by atoms with Gasteiger partial charge in [0.15, 0.2) is 0 Å². The normalized spacial score (nSPS) is 14.3. The maximum Gasteiger partial charge on any atom is 2.00 e. The molecular formula is C23H48Cl2NSiZr. The fourth-order valence-electron chi connectivity index (χ4n) is 2.77. The average Bonchev–Trinajstić information content (AvgIpc) is 2.81. The van der Waals surface area contributed by atoms with Crippen LogP contribution in [-0.4, -0.2) is 16.1 Å². The minimum absolute atomic E-state index is 0. The van der Waals surface area contributed by atoms with Crippen molar-refractivity contribution in [3.63, 3.8) is 0 Å². The monoisotopic (exact) mass is 526 g/mol. The van der Waals surface area contributed by atoms with E-state index in [0.717, 1.165) is 15.9 Å². The first-order valence-corrected chi connectivity index (χ1v) is 12.9. The molecule has 0 saturated heterocycles. The Balaban J connectivity index is -0.000000104. The second kappa shape index (κ2) is 30.3.